The van der Waals surface area contributed by atoms with Crippen LogP contribution in [0.3, 0.4) is 0 Å². The first-order valence-electron chi connectivity index (χ1n) is 10.2. The van der Waals surface area contributed by atoms with Crippen LogP contribution in [0.25, 0.3) is 0 Å². The lowest BCUT2D eigenvalue weighted by Crippen LogP contribution is -2.26. The number of methoxy groups -OCH3 is 2. The number of nitrogens with zero attached hydrogens (tertiary/aromatic N) is 1. The lowest BCUT2D eigenvalue weighted by molar-refractivity contribution is -0.117. The molecule has 160 valence electrons. The molecule has 1 aliphatic rings. The predicted octanol–water partition coefficient (Wildman–Crippen LogP) is 4.38. The molecular formula is C25H26N2O4. The summed E-state index contributed by atoms with van der Waals surface area (Å²) in [6, 6.07) is 17.4. The van der Waals surface area contributed by atoms with Gasteiger partial charge in [0, 0.05) is 17.7 Å². The van der Waals surface area contributed by atoms with Gasteiger partial charge in [-0.2, -0.15) is 0 Å². The average molecular weight is 418 g/mol. The van der Waals surface area contributed by atoms with E-state index < -0.39 is 0 Å². The molecule has 0 radical (unpaired) electrons. The molecule has 6 heteroatoms. The van der Waals surface area contributed by atoms with Gasteiger partial charge in [0.25, 0.3) is 0 Å². The van der Waals surface area contributed by atoms with Gasteiger partial charge >= 0.3 is 0 Å². The van der Waals surface area contributed by atoms with Crippen molar-refractivity contribution < 1.29 is 19.0 Å². The number of hydrogen-bond acceptors (Lipinski definition) is 5. The molecule has 2 unspecified atom stereocenters. The third kappa shape index (κ3) is 4.33. The Hall–Kier alpha value is -3.54. The van der Waals surface area contributed by atoms with Crippen molar-refractivity contribution in [3.05, 3.63) is 78.1 Å². The molecule has 0 spiro atoms. The molecular weight excluding hydrogens is 392 g/mol. The molecule has 1 amide bonds. The van der Waals surface area contributed by atoms with E-state index in [4.69, 9.17) is 14.2 Å². The van der Waals surface area contributed by atoms with Crippen LogP contribution < -0.4 is 19.5 Å². The SMILES string of the molecule is COc1ccc(OCC2(c3ccccc3)CC2C(=O)Nc2cncc(C)c2)cc1OC. The number of benzene rings is 2. The minimum Gasteiger partial charge on any atom is -0.493 e. The molecule has 3 aromatic rings. The van der Waals surface area contributed by atoms with Crippen molar-refractivity contribution in [3.8, 4) is 17.2 Å². The van der Waals surface area contributed by atoms with Gasteiger partial charge < -0.3 is 19.5 Å². The van der Waals surface area contributed by atoms with Gasteiger partial charge in [-0.15, -0.1) is 0 Å². The summed E-state index contributed by atoms with van der Waals surface area (Å²) in [4.78, 5) is 17.2. The van der Waals surface area contributed by atoms with E-state index >= 15 is 0 Å². The maximum Gasteiger partial charge on any atom is 0.228 e. The third-order valence-corrected chi connectivity index (χ3v) is 5.73. The number of aromatic nitrogens is 1. The Morgan fingerprint density at radius 2 is 1.84 bits per heavy atom. The number of anilines is 1. The summed E-state index contributed by atoms with van der Waals surface area (Å²) in [6.07, 6.45) is 4.14. The molecule has 0 saturated heterocycles. The number of aryl methyl sites for hydroxylation is 1. The van der Waals surface area contributed by atoms with Crippen molar-refractivity contribution in [2.24, 2.45) is 5.92 Å². The second kappa shape index (κ2) is 8.68. The van der Waals surface area contributed by atoms with Crippen molar-refractivity contribution in [2.45, 2.75) is 18.8 Å². The molecule has 1 heterocycles. The Balaban J connectivity index is 1.53. The van der Waals surface area contributed by atoms with Crippen LogP contribution in [0.4, 0.5) is 5.69 Å². The first-order valence-corrected chi connectivity index (χ1v) is 10.2. The Kier molecular flexibility index (Phi) is 5.80. The Morgan fingerprint density at radius 3 is 2.55 bits per heavy atom. The van der Waals surface area contributed by atoms with Crippen LogP contribution in [-0.4, -0.2) is 31.7 Å². The van der Waals surface area contributed by atoms with E-state index in [0.717, 1.165) is 17.5 Å². The first-order chi connectivity index (χ1) is 15.1. The van der Waals surface area contributed by atoms with Crippen molar-refractivity contribution in [1.82, 2.24) is 4.98 Å². The molecule has 1 fully saturated rings. The largest absolute Gasteiger partial charge is 0.493 e. The summed E-state index contributed by atoms with van der Waals surface area (Å²) < 4.78 is 16.8. The van der Waals surface area contributed by atoms with Crippen LogP contribution >= 0.6 is 0 Å². The van der Waals surface area contributed by atoms with E-state index in [1.807, 2.05) is 43.3 Å². The highest BCUT2D eigenvalue weighted by molar-refractivity contribution is 5.96. The molecule has 0 aliphatic heterocycles. The molecule has 1 N–H and O–H groups in total. The number of carbonyl (C=O) groups is 1. The zero-order chi connectivity index (χ0) is 21.8. The average Bonchev–Trinajstić information content (AvgIpc) is 3.54. The Labute approximate surface area is 182 Å². The van der Waals surface area contributed by atoms with Gasteiger partial charge in [0.05, 0.1) is 38.6 Å². The third-order valence-electron chi connectivity index (χ3n) is 5.73. The van der Waals surface area contributed by atoms with Gasteiger partial charge in [-0.1, -0.05) is 30.3 Å². The highest BCUT2D eigenvalue weighted by Crippen LogP contribution is 2.55. The number of nitrogens with one attached hydrogen (secondary N) is 1. The number of rotatable bonds is 8. The topological polar surface area (TPSA) is 69.7 Å². The fourth-order valence-corrected chi connectivity index (χ4v) is 3.95. The summed E-state index contributed by atoms with van der Waals surface area (Å²) in [7, 11) is 3.19. The molecule has 4 rings (SSSR count). The van der Waals surface area contributed by atoms with Crippen molar-refractivity contribution in [3.63, 3.8) is 0 Å². The quantitative estimate of drug-likeness (QED) is 0.588. The summed E-state index contributed by atoms with van der Waals surface area (Å²) >= 11 is 0. The molecule has 1 aromatic heterocycles. The van der Waals surface area contributed by atoms with Crippen molar-refractivity contribution in [2.75, 3.05) is 26.1 Å². The van der Waals surface area contributed by atoms with Crippen LogP contribution in [0.2, 0.25) is 0 Å². The van der Waals surface area contributed by atoms with Crippen LogP contribution in [0.5, 0.6) is 17.2 Å². The number of hydrogen-bond donors (Lipinski definition) is 1. The minimum atomic E-state index is -0.379. The minimum absolute atomic E-state index is 0.0211. The van der Waals surface area contributed by atoms with E-state index in [0.29, 0.717) is 29.5 Å². The molecule has 2 atom stereocenters. The Bertz CT molecular complexity index is 1070. The number of pyridine rings is 1. The monoisotopic (exact) mass is 418 g/mol. The summed E-state index contributed by atoms with van der Waals surface area (Å²) in [5.74, 6) is 1.71. The zero-order valence-corrected chi connectivity index (χ0v) is 17.9. The molecule has 1 saturated carbocycles. The molecule has 2 aromatic carbocycles. The van der Waals surface area contributed by atoms with E-state index in [-0.39, 0.29) is 17.2 Å². The van der Waals surface area contributed by atoms with Gasteiger partial charge in [0.2, 0.25) is 5.91 Å². The van der Waals surface area contributed by atoms with Gasteiger partial charge in [-0.25, -0.2) is 0 Å². The second-order valence-corrected chi connectivity index (χ2v) is 7.82. The predicted molar refractivity (Wildman–Crippen MR) is 119 cm³/mol. The number of amides is 1. The van der Waals surface area contributed by atoms with E-state index in [1.165, 1.54) is 0 Å². The zero-order valence-electron chi connectivity index (χ0n) is 17.9. The molecule has 1 aliphatic carbocycles. The maximum atomic E-state index is 13.0. The molecule has 0 bridgehead atoms. The molecule has 6 nitrogen and oxygen atoms in total. The van der Waals surface area contributed by atoms with Crippen LogP contribution in [0.1, 0.15) is 17.5 Å². The summed E-state index contributed by atoms with van der Waals surface area (Å²) in [5, 5.41) is 3.01. The van der Waals surface area contributed by atoms with Gasteiger partial charge in [0.15, 0.2) is 11.5 Å². The van der Waals surface area contributed by atoms with E-state index in [9.17, 15) is 4.79 Å². The van der Waals surface area contributed by atoms with Crippen LogP contribution in [0, 0.1) is 12.8 Å². The van der Waals surface area contributed by atoms with Crippen molar-refractivity contribution in [1.29, 1.82) is 0 Å². The van der Waals surface area contributed by atoms with E-state index in [2.05, 4.69) is 22.4 Å². The van der Waals surface area contributed by atoms with Gasteiger partial charge in [-0.05, 0) is 42.7 Å². The van der Waals surface area contributed by atoms with Gasteiger partial charge in [-0.3, -0.25) is 9.78 Å². The number of ether oxygens (including phenoxy) is 3. The summed E-state index contributed by atoms with van der Waals surface area (Å²) in [6.45, 7) is 2.33. The van der Waals surface area contributed by atoms with Crippen LogP contribution in [0.15, 0.2) is 67.0 Å². The molecule has 31 heavy (non-hydrogen) atoms. The highest BCUT2D eigenvalue weighted by Gasteiger charge is 2.60. The first kappa shape index (κ1) is 20.7. The second-order valence-electron chi connectivity index (χ2n) is 7.82. The summed E-state index contributed by atoms with van der Waals surface area (Å²) in [5.41, 5.74) is 2.42. The normalized spacial score (nSPS) is 19.4. The van der Waals surface area contributed by atoms with Gasteiger partial charge in [0.1, 0.15) is 5.75 Å². The maximum absolute atomic E-state index is 13.0. The smallest absolute Gasteiger partial charge is 0.228 e. The standard InChI is InChI=1S/C25H26N2O4/c1-17-11-19(15-26-14-17)27-24(28)21-13-25(21,18-7-5-4-6-8-18)16-31-20-9-10-22(29-2)23(12-20)30-3/h4-12,14-15,21H,13,16H2,1-3H3,(H,27,28). The van der Waals surface area contributed by atoms with Crippen molar-refractivity contribution >= 4 is 11.6 Å². The highest BCUT2D eigenvalue weighted by atomic mass is 16.5. The fraction of sp³-hybridized carbons (Fsp3) is 0.280. The van der Waals surface area contributed by atoms with E-state index in [1.54, 1.807) is 32.7 Å². The fourth-order valence-electron chi connectivity index (χ4n) is 3.95. The van der Waals surface area contributed by atoms with Crippen LogP contribution in [-0.2, 0) is 10.2 Å². The Morgan fingerprint density at radius 1 is 1.06 bits per heavy atom. The lowest BCUT2D eigenvalue weighted by Gasteiger charge is -2.20. The lowest BCUT2D eigenvalue weighted by atomic mass is 9.93. The number of carbonyl (C=O) groups excluding carboxylic acids is 1.